The Labute approximate surface area is 75.1 Å². The highest BCUT2D eigenvalue weighted by atomic mass is 28.3. The number of hydrogen-bond acceptors (Lipinski definition) is 1. The summed E-state index contributed by atoms with van der Waals surface area (Å²) in [6.07, 6.45) is 0. The Bertz CT molecular complexity index is 238. The molecule has 0 aliphatic carbocycles. The van der Waals surface area contributed by atoms with Crippen molar-refractivity contribution in [3.8, 4) is 0 Å². The van der Waals surface area contributed by atoms with Crippen LogP contribution in [0.1, 0.15) is 11.3 Å². The number of hydrogen-bond donors (Lipinski definition) is 1. The average molecular weight is 180 g/mol. The second-order valence-corrected chi connectivity index (χ2v) is 9.46. The normalized spacial score (nSPS) is 14.3. The van der Waals surface area contributed by atoms with Gasteiger partial charge in [0.05, 0.1) is 13.8 Å². The van der Waals surface area contributed by atoms with Gasteiger partial charge in [0.2, 0.25) is 0 Å². The topological polar surface area (TPSA) is 20.2 Å². The molecule has 0 aliphatic rings. The van der Waals surface area contributed by atoms with Crippen LogP contribution in [0.4, 0.5) is 0 Å². The highest BCUT2D eigenvalue weighted by Gasteiger charge is 2.25. The molecule has 0 heterocycles. The Hall–Kier alpha value is -0.603. The van der Waals surface area contributed by atoms with Crippen LogP contribution in [0.3, 0.4) is 0 Å². The van der Waals surface area contributed by atoms with E-state index in [2.05, 4.69) is 19.6 Å². The molecule has 0 aromatic heterocycles. The summed E-state index contributed by atoms with van der Waals surface area (Å²) in [6.45, 7) is 6.51. The largest absolute Gasteiger partial charge is 0.392 e. The maximum absolute atomic E-state index is 9.92. The average Bonchev–Trinajstić information content (AvgIpc) is 2.03. The first-order chi connectivity index (χ1) is 5.52. The summed E-state index contributed by atoms with van der Waals surface area (Å²) in [5.74, 6) is 0. The summed E-state index contributed by atoms with van der Waals surface area (Å²) >= 11 is 0. The molecule has 1 nitrogen and oxygen atoms in total. The lowest BCUT2D eigenvalue weighted by Crippen LogP contribution is -2.30. The van der Waals surface area contributed by atoms with Gasteiger partial charge in [-0.25, -0.2) is 0 Å². The maximum atomic E-state index is 9.92. The highest BCUT2D eigenvalue weighted by molar-refractivity contribution is 6.77. The number of aliphatic hydroxyl groups is 1. The molecule has 0 spiro atoms. The fourth-order valence-corrected chi connectivity index (χ4v) is 2.33. The van der Waals surface area contributed by atoms with Gasteiger partial charge >= 0.3 is 0 Å². The minimum atomic E-state index is -1.45. The molecule has 0 fully saturated rings. The zero-order chi connectivity index (χ0) is 9.19. The second kappa shape index (κ2) is 3.41. The van der Waals surface area contributed by atoms with E-state index in [4.69, 9.17) is 0 Å². The van der Waals surface area contributed by atoms with Crippen molar-refractivity contribution in [1.82, 2.24) is 0 Å². The van der Waals surface area contributed by atoms with Gasteiger partial charge in [-0.3, -0.25) is 0 Å². The molecule has 1 rings (SSSR count). The van der Waals surface area contributed by atoms with Crippen LogP contribution in [0.2, 0.25) is 19.6 Å². The minimum absolute atomic E-state index is 0.237. The molecular weight excluding hydrogens is 164 g/mol. The third-order valence-electron chi connectivity index (χ3n) is 1.94. The fraction of sp³-hybridized carbons (Fsp3) is 0.400. The predicted molar refractivity (Wildman–Crippen MR) is 54.7 cm³/mol. The summed E-state index contributed by atoms with van der Waals surface area (Å²) in [7, 11) is -1.45. The Morgan fingerprint density at radius 1 is 1.08 bits per heavy atom. The van der Waals surface area contributed by atoms with E-state index in [9.17, 15) is 5.11 Å². The van der Waals surface area contributed by atoms with Gasteiger partial charge in [0.25, 0.3) is 0 Å². The number of rotatable bonds is 2. The molecule has 12 heavy (non-hydrogen) atoms. The molecule has 0 unspecified atom stereocenters. The minimum Gasteiger partial charge on any atom is -0.392 e. The van der Waals surface area contributed by atoms with Crippen molar-refractivity contribution in [1.29, 1.82) is 0 Å². The Morgan fingerprint density at radius 2 is 1.58 bits per heavy atom. The Balaban J connectivity index is 2.86. The van der Waals surface area contributed by atoms with E-state index < -0.39 is 8.07 Å². The monoisotopic (exact) mass is 180 g/mol. The van der Waals surface area contributed by atoms with Gasteiger partial charge in [-0.05, 0) is 5.56 Å². The van der Waals surface area contributed by atoms with Crippen LogP contribution in [-0.4, -0.2) is 13.2 Å². The maximum Gasteiger partial charge on any atom is 0.0838 e. The van der Waals surface area contributed by atoms with Crippen LogP contribution in [0, 0.1) is 0 Å². The quantitative estimate of drug-likeness (QED) is 0.694. The molecule has 0 aliphatic heterocycles. The van der Waals surface area contributed by atoms with E-state index in [1.165, 1.54) is 0 Å². The van der Waals surface area contributed by atoms with Gasteiger partial charge in [-0.15, -0.1) is 0 Å². The van der Waals surface area contributed by atoms with E-state index in [1.807, 2.05) is 30.3 Å². The van der Waals surface area contributed by atoms with Crippen LogP contribution in [0.5, 0.6) is 0 Å². The van der Waals surface area contributed by atoms with Crippen molar-refractivity contribution in [3.63, 3.8) is 0 Å². The van der Waals surface area contributed by atoms with Gasteiger partial charge < -0.3 is 5.11 Å². The lowest BCUT2D eigenvalue weighted by Gasteiger charge is -2.23. The molecule has 66 valence electrons. The van der Waals surface area contributed by atoms with Crippen molar-refractivity contribution in [2.75, 3.05) is 0 Å². The predicted octanol–water partition coefficient (Wildman–Crippen LogP) is 2.60. The summed E-state index contributed by atoms with van der Waals surface area (Å²) < 4.78 is 0. The molecule has 1 N–H and O–H groups in total. The van der Waals surface area contributed by atoms with E-state index in [-0.39, 0.29) is 5.73 Å². The third-order valence-corrected chi connectivity index (χ3v) is 3.91. The van der Waals surface area contributed by atoms with E-state index in [1.54, 1.807) is 0 Å². The molecule has 1 aromatic carbocycles. The summed E-state index contributed by atoms with van der Waals surface area (Å²) in [4.78, 5) is 0. The summed E-state index contributed by atoms with van der Waals surface area (Å²) in [5, 5.41) is 9.92. The van der Waals surface area contributed by atoms with Crippen LogP contribution >= 0.6 is 0 Å². The first-order valence-electron chi connectivity index (χ1n) is 4.25. The van der Waals surface area contributed by atoms with Crippen molar-refractivity contribution in [2.24, 2.45) is 0 Å². The molecule has 0 amide bonds. The number of benzene rings is 1. The smallest absolute Gasteiger partial charge is 0.0838 e. The van der Waals surface area contributed by atoms with Crippen LogP contribution in [0.15, 0.2) is 30.3 Å². The van der Waals surface area contributed by atoms with E-state index >= 15 is 0 Å². The van der Waals surface area contributed by atoms with Gasteiger partial charge in [0.1, 0.15) is 0 Å². The van der Waals surface area contributed by atoms with Gasteiger partial charge in [0, 0.05) is 0 Å². The molecular formula is C10H16OSi. The zero-order valence-corrected chi connectivity index (χ0v) is 8.91. The standard InChI is InChI=1S/C10H16OSi/c1-12(2,3)10(11)9-7-5-4-6-8-9/h4-8,10-11H,1-3H3/t10-/m1/s1. The van der Waals surface area contributed by atoms with Crippen LogP contribution in [-0.2, 0) is 0 Å². The highest BCUT2D eigenvalue weighted by Crippen LogP contribution is 2.23. The van der Waals surface area contributed by atoms with Crippen molar-refractivity contribution >= 4 is 8.07 Å². The van der Waals surface area contributed by atoms with Gasteiger partial charge in [-0.1, -0.05) is 50.0 Å². The van der Waals surface area contributed by atoms with Crippen molar-refractivity contribution in [3.05, 3.63) is 35.9 Å². The lowest BCUT2D eigenvalue weighted by atomic mass is 10.2. The van der Waals surface area contributed by atoms with Crippen molar-refractivity contribution < 1.29 is 5.11 Å². The van der Waals surface area contributed by atoms with Crippen LogP contribution in [0.25, 0.3) is 0 Å². The molecule has 0 saturated carbocycles. The molecule has 1 aromatic rings. The summed E-state index contributed by atoms with van der Waals surface area (Å²) in [5.41, 5.74) is 0.815. The van der Waals surface area contributed by atoms with Crippen molar-refractivity contribution in [2.45, 2.75) is 25.4 Å². The third kappa shape index (κ3) is 2.19. The fourth-order valence-electron chi connectivity index (χ4n) is 1.14. The van der Waals surface area contributed by atoms with Gasteiger partial charge in [0.15, 0.2) is 0 Å². The lowest BCUT2D eigenvalue weighted by molar-refractivity contribution is 0.250. The summed E-state index contributed by atoms with van der Waals surface area (Å²) in [6, 6.07) is 9.89. The molecule has 0 bridgehead atoms. The Kier molecular flexibility index (Phi) is 2.70. The van der Waals surface area contributed by atoms with E-state index in [0.717, 1.165) is 5.56 Å². The SMILES string of the molecule is C[Si](C)(C)[C@@H](O)c1ccccc1. The first-order valence-corrected chi connectivity index (χ1v) is 7.82. The molecule has 1 atom stereocenters. The first kappa shape index (κ1) is 9.48. The van der Waals surface area contributed by atoms with E-state index in [0.29, 0.717) is 0 Å². The van der Waals surface area contributed by atoms with Gasteiger partial charge in [-0.2, -0.15) is 0 Å². The molecule has 2 heteroatoms. The number of aliphatic hydroxyl groups excluding tert-OH is 1. The second-order valence-electron chi connectivity index (χ2n) is 4.18. The molecule has 0 saturated heterocycles. The zero-order valence-electron chi connectivity index (χ0n) is 7.91. The Morgan fingerprint density at radius 3 is 2.00 bits per heavy atom. The molecule has 0 radical (unpaired) electrons. The van der Waals surface area contributed by atoms with Crippen LogP contribution < -0.4 is 0 Å².